The Labute approximate surface area is 125 Å². The summed E-state index contributed by atoms with van der Waals surface area (Å²) in [6.45, 7) is 5.14. The van der Waals surface area contributed by atoms with Crippen molar-refractivity contribution in [3.63, 3.8) is 0 Å². The van der Waals surface area contributed by atoms with Crippen LogP contribution in [0.25, 0.3) is 0 Å². The predicted molar refractivity (Wildman–Crippen MR) is 78.9 cm³/mol. The molecule has 1 aromatic heterocycles. The number of rotatable bonds is 2. The highest BCUT2D eigenvalue weighted by molar-refractivity contribution is 5.79. The number of aryl methyl sites for hydroxylation is 1. The number of amides is 1. The fourth-order valence-corrected chi connectivity index (χ4v) is 3.32. The standard InChI is InChI=1S/C16H23N3O2/c1-2-14-13-3-7-19(8-4-15(13)18-11-17-14)16(20)12-5-9-21-10-6-12/h11-12H,2-10H2,1H3. The molecular formula is C16H23N3O2. The molecule has 0 unspecified atom stereocenters. The summed E-state index contributed by atoms with van der Waals surface area (Å²) in [5.41, 5.74) is 3.53. The van der Waals surface area contributed by atoms with E-state index < -0.39 is 0 Å². The Hall–Kier alpha value is -1.49. The van der Waals surface area contributed by atoms with Crippen LogP contribution in [-0.4, -0.2) is 47.1 Å². The van der Waals surface area contributed by atoms with Crippen LogP contribution in [0.5, 0.6) is 0 Å². The van der Waals surface area contributed by atoms with Crippen molar-refractivity contribution < 1.29 is 9.53 Å². The third kappa shape index (κ3) is 3.07. The zero-order chi connectivity index (χ0) is 14.7. The van der Waals surface area contributed by atoms with E-state index in [2.05, 4.69) is 16.9 Å². The summed E-state index contributed by atoms with van der Waals surface area (Å²) in [5.74, 6) is 0.453. The number of carbonyl (C=O) groups is 1. The number of hydrogen-bond donors (Lipinski definition) is 0. The fourth-order valence-electron chi connectivity index (χ4n) is 3.32. The molecular weight excluding hydrogens is 266 g/mol. The molecule has 0 bridgehead atoms. The van der Waals surface area contributed by atoms with Crippen LogP contribution in [0, 0.1) is 5.92 Å². The molecule has 21 heavy (non-hydrogen) atoms. The van der Waals surface area contributed by atoms with Crippen molar-refractivity contribution >= 4 is 5.91 Å². The summed E-state index contributed by atoms with van der Waals surface area (Å²) in [4.78, 5) is 23.5. The second kappa shape index (κ2) is 6.52. The Balaban J connectivity index is 1.71. The zero-order valence-corrected chi connectivity index (χ0v) is 12.7. The monoisotopic (exact) mass is 289 g/mol. The average Bonchev–Trinajstić information content (AvgIpc) is 2.77. The highest BCUT2D eigenvalue weighted by atomic mass is 16.5. The first-order valence-corrected chi connectivity index (χ1v) is 7.97. The van der Waals surface area contributed by atoms with Gasteiger partial charge in [-0.3, -0.25) is 4.79 Å². The molecule has 5 nitrogen and oxygen atoms in total. The van der Waals surface area contributed by atoms with Crippen molar-refractivity contribution in [2.75, 3.05) is 26.3 Å². The molecule has 1 amide bonds. The van der Waals surface area contributed by atoms with Crippen LogP contribution in [0.4, 0.5) is 0 Å². The molecule has 1 aromatic rings. The molecule has 0 atom stereocenters. The van der Waals surface area contributed by atoms with Gasteiger partial charge >= 0.3 is 0 Å². The van der Waals surface area contributed by atoms with Crippen molar-refractivity contribution in [3.05, 3.63) is 23.3 Å². The van der Waals surface area contributed by atoms with Gasteiger partial charge in [-0.25, -0.2) is 9.97 Å². The zero-order valence-electron chi connectivity index (χ0n) is 12.7. The van der Waals surface area contributed by atoms with Gasteiger partial charge in [-0.15, -0.1) is 0 Å². The number of ether oxygens (including phenoxy) is 1. The fraction of sp³-hybridized carbons (Fsp3) is 0.688. The third-order valence-corrected chi connectivity index (χ3v) is 4.59. The Bertz CT molecular complexity index is 512. The molecule has 0 spiro atoms. The van der Waals surface area contributed by atoms with Gasteiger partial charge in [-0.05, 0) is 31.2 Å². The minimum atomic E-state index is 0.150. The summed E-state index contributed by atoms with van der Waals surface area (Å²) in [7, 11) is 0. The second-order valence-corrected chi connectivity index (χ2v) is 5.81. The molecule has 3 heterocycles. The van der Waals surface area contributed by atoms with Gasteiger partial charge in [0.2, 0.25) is 5.91 Å². The maximum Gasteiger partial charge on any atom is 0.225 e. The van der Waals surface area contributed by atoms with Crippen molar-refractivity contribution in [1.29, 1.82) is 0 Å². The number of carbonyl (C=O) groups excluding carboxylic acids is 1. The van der Waals surface area contributed by atoms with E-state index in [4.69, 9.17) is 4.74 Å². The second-order valence-electron chi connectivity index (χ2n) is 5.81. The molecule has 1 fully saturated rings. The normalized spacial score (nSPS) is 20.0. The molecule has 0 radical (unpaired) electrons. The van der Waals surface area contributed by atoms with E-state index in [1.807, 2.05) is 4.90 Å². The van der Waals surface area contributed by atoms with E-state index in [0.717, 1.165) is 69.8 Å². The Morgan fingerprint density at radius 1 is 1.29 bits per heavy atom. The van der Waals surface area contributed by atoms with Crippen LogP contribution < -0.4 is 0 Å². The number of aromatic nitrogens is 2. The van der Waals surface area contributed by atoms with Gasteiger partial charge in [-0.1, -0.05) is 6.92 Å². The van der Waals surface area contributed by atoms with Crippen LogP contribution in [0.2, 0.25) is 0 Å². The minimum absolute atomic E-state index is 0.150. The lowest BCUT2D eigenvalue weighted by Crippen LogP contribution is -2.40. The van der Waals surface area contributed by atoms with Gasteiger partial charge in [0.25, 0.3) is 0 Å². The Kier molecular flexibility index (Phi) is 4.48. The predicted octanol–water partition coefficient (Wildman–Crippen LogP) is 1.39. The lowest BCUT2D eigenvalue weighted by Gasteiger charge is -2.28. The maximum atomic E-state index is 12.6. The summed E-state index contributed by atoms with van der Waals surface area (Å²) < 4.78 is 5.35. The Morgan fingerprint density at radius 2 is 2.05 bits per heavy atom. The molecule has 0 aliphatic carbocycles. The molecule has 1 saturated heterocycles. The highest BCUT2D eigenvalue weighted by Crippen LogP contribution is 2.21. The van der Waals surface area contributed by atoms with Crippen LogP contribution in [-0.2, 0) is 28.8 Å². The molecule has 0 N–H and O–H groups in total. The first-order valence-electron chi connectivity index (χ1n) is 7.97. The van der Waals surface area contributed by atoms with Crippen molar-refractivity contribution in [2.24, 2.45) is 5.92 Å². The van der Waals surface area contributed by atoms with Crippen LogP contribution >= 0.6 is 0 Å². The highest BCUT2D eigenvalue weighted by Gasteiger charge is 2.28. The van der Waals surface area contributed by atoms with E-state index in [0.29, 0.717) is 5.91 Å². The number of hydrogen-bond acceptors (Lipinski definition) is 4. The van der Waals surface area contributed by atoms with Gasteiger partial charge in [-0.2, -0.15) is 0 Å². The van der Waals surface area contributed by atoms with Crippen molar-refractivity contribution in [1.82, 2.24) is 14.9 Å². The summed E-state index contributed by atoms with van der Waals surface area (Å²) in [5, 5.41) is 0. The van der Waals surface area contributed by atoms with Gasteiger partial charge in [0, 0.05) is 50.0 Å². The first-order chi connectivity index (χ1) is 10.3. The molecule has 0 aromatic carbocycles. The van der Waals surface area contributed by atoms with E-state index in [1.165, 1.54) is 5.56 Å². The topological polar surface area (TPSA) is 55.3 Å². The van der Waals surface area contributed by atoms with Crippen LogP contribution in [0.3, 0.4) is 0 Å². The van der Waals surface area contributed by atoms with E-state index in [9.17, 15) is 4.79 Å². The van der Waals surface area contributed by atoms with Crippen molar-refractivity contribution in [2.45, 2.75) is 39.0 Å². The van der Waals surface area contributed by atoms with Crippen molar-refractivity contribution in [3.8, 4) is 0 Å². The smallest absolute Gasteiger partial charge is 0.225 e. The van der Waals surface area contributed by atoms with Gasteiger partial charge in [0.1, 0.15) is 6.33 Å². The first kappa shape index (κ1) is 14.4. The lowest BCUT2D eigenvalue weighted by molar-refractivity contribution is -0.138. The SMILES string of the molecule is CCc1ncnc2c1CCN(C(=O)C1CCOCC1)CC2. The van der Waals surface area contributed by atoms with E-state index in [1.54, 1.807) is 6.33 Å². The van der Waals surface area contributed by atoms with Gasteiger partial charge in [0.05, 0.1) is 0 Å². The summed E-state index contributed by atoms with van der Waals surface area (Å²) in [6, 6.07) is 0. The quantitative estimate of drug-likeness (QED) is 0.825. The minimum Gasteiger partial charge on any atom is -0.381 e. The molecule has 3 rings (SSSR count). The molecule has 2 aliphatic heterocycles. The summed E-state index contributed by atoms with van der Waals surface area (Å²) >= 11 is 0. The summed E-state index contributed by atoms with van der Waals surface area (Å²) in [6.07, 6.45) is 6.05. The van der Waals surface area contributed by atoms with Crippen LogP contribution in [0.1, 0.15) is 36.7 Å². The van der Waals surface area contributed by atoms with E-state index in [-0.39, 0.29) is 5.92 Å². The lowest BCUT2D eigenvalue weighted by atomic mass is 9.98. The van der Waals surface area contributed by atoms with E-state index >= 15 is 0 Å². The third-order valence-electron chi connectivity index (χ3n) is 4.59. The maximum absolute atomic E-state index is 12.6. The molecule has 2 aliphatic rings. The van der Waals surface area contributed by atoms with Gasteiger partial charge in [0.15, 0.2) is 0 Å². The number of fused-ring (bicyclic) bond motifs is 1. The van der Waals surface area contributed by atoms with Crippen LogP contribution in [0.15, 0.2) is 6.33 Å². The van der Waals surface area contributed by atoms with Gasteiger partial charge < -0.3 is 9.64 Å². The molecule has 114 valence electrons. The largest absolute Gasteiger partial charge is 0.381 e. The Morgan fingerprint density at radius 3 is 2.81 bits per heavy atom. The molecule has 5 heteroatoms. The molecule has 0 saturated carbocycles. The number of nitrogens with zero attached hydrogens (tertiary/aromatic N) is 3. The average molecular weight is 289 g/mol.